The third kappa shape index (κ3) is 2.11. The Labute approximate surface area is 128 Å². The number of carboxylic acids is 1. The molecule has 1 amide bonds. The molecule has 2 aliphatic rings. The summed E-state index contributed by atoms with van der Waals surface area (Å²) in [4.78, 5) is 25.4. The molecule has 3 atom stereocenters. The lowest BCUT2D eigenvalue weighted by Crippen LogP contribution is -2.48. The van der Waals surface area contributed by atoms with Crippen LogP contribution in [0.15, 0.2) is 30.3 Å². The third-order valence-corrected chi connectivity index (χ3v) is 5.40. The smallest absolute Gasteiger partial charge is 0.310 e. The van der Waals surface area contributed by atoms with Gasteiger partial charge < -0.3 is 10.0 Å². The standard InChI is InChI=1S/C17H20FNO3/c1-11(12-6-3-2-4-7-12)19-10-13(14(18)15(19)20)17(16(21)22)8-5-9-17/h2-4,6-7,11,13-14H,5,8-10H2,1H3,(H,21,22)/t11-,13?,14?/m0/s1. The van der Waals surface area contributed by atoms with Crippen molar-refractivity contribution in [2.24, 2.45) is 11.3 Å². The summed E-state index contributed by atoms with van der Waals surface area (Å²) in [5.74, 6) is -2.28. The van der Waals surface area contributed by atoms with Gasteiger partial charge in [0.2, 0.25) is 0 Å². The molecule has 1 saturated carbocycles. The van der Waals surface area contributed by atoms with E-state index < -0.39 is 29.4 Å². The molecule has 1 aromatic carbocycles. The zero-order chi connectivity index (χ0) is 15.9. The molecule has 1 N–H and O–H groups in total. The molecule has 2 fully saturated rings. The normalized spacial score (nSPS) is 28.3. The van der Waals surface area contributed by atoms with Crippen LogP contribution < -0.4 is 0 Å². The van der Waals surface area contributed by atoms with Gasteiger partial charge in [0.1, 0.15) is 0 Å². The summed E-state index contributed by atoms with van der Waals surface area (Å²) in [6, 6.07) is 9.19. The fraction of sp³-hybridized carbons (Fsp3) is 0.529. The molecule has 0 spiro atoms. The average Bonchev–Trinajstić information content (AvgIpc) is 2.75. The predicted molar refractivity (Wildman–Crippen MR) is 78.9 cm³/mol. The summed E-state index contributed by atoms with van der Waals surface area (Å²) in [5.41, 5.74) is -0.123. The van der Waals surface area contributed by atoms with Gasteiger partial charge in [-0.05, 0) is 25.3 Å². The van der Waals surface area contributed by atoms with Crippen LogP contribution in [0.2, 0.25) is 0 Å². The Hall–Kier alpha value is -1.91. The minimum atomic E-state index is -1.71. The van der Waals surface area contributed by atoms with Gasteiger partial charge >= 0.3 is 5.97 Å². The first-order chi connectivity index (χ1) is 10.5. The largest absolute Gasteiger partial charge is 0.481 e. The van der Waals surface area contributed by atoms with Crippen molar-refractivity contribution in [1.82, 2.24) is 4.90 Å². The number of amides is 1. The van der Waals surface area contributed by atoms with E-state index in [1.54, 1.807) is 0 Å². The first-order valence-corrected chi connectivity index (χ1v) is 7.70. The van der Waals surface area contributed by atoms with Crippen molar-refractivity contribution in [1.29, 1.82) is 0 Å². The second-order valence-electron chi connectivity index (χ2n) is 6.40. The van der Waals surface area contributed by atoms with E-state index in [1.165, 1.54) is 4.90 Å². The van der Waals surface area contributed by atoms with Gasteiger partial charge in [0.15, 0.2) is 6.17 Å². The SMILES string of the molecule is C[C@@H](c1ccccc1)N1CC(C2(C(=O)O)CCC2)C(F)C1=O. The summed E-state index contributed by atoms with van der Waals surface area (Å²) < 4.78 is 14.5. The minimum absolute atomic E-state index is 0.183. The number of nitrogens with zero attached hydrogens (tertiary/aromatic N) is 1. The van der Waals surface area contributed by atoms with Crippen LogP contribution in [0, 0.1) is 11.3 Å². The minimum Gasteiger partial charge on any atom is -0.481 e. The zero-order valence-corrected chi connectivity index (χ0v) is 12.5. The number of alkyl halides is 1. The average molecular weight is 305 g/mol. The number of benzene rings is 1. The van der Waals surface area contributed by atoms with Crippen LogP contribution in [0.5, 0.6) is 0 Å². The number of rotatable bonds is 4. The maximum Gasteiger partial charge on any atom is 0.310 e. The van der Waals surface area contributed by atoms with Crippen LogP contribution >= 0.6 is 0 Å². The molecule has 4 nitrogen and oxygen atoms in total. The van der Waals surface area contributed by atoms with E-state index in [9.17, 15) is 19.1 Å². The first kappa shape index (κ1) is 15.0. The van der Waals surface area contributed by atoms with E-state index in [1.807, 2.05) is 37.3 Å². The van der Waals surface area contributed by atoms with Gasteiger partial charge in [0.25, 0.3) is 5.91 Å². The highest BCUT2D eigenvalue weighted by Crippen LogP contribution is 2.52. The van der Waals surface area contributed by atoms with Gasteiger partial charge in [-0.25, -0.2) is 4.39 Å². The van der Waals surface area contributed by atoms with Crippen LogP contribution in [0.1, 0.15) is 37.8 Å². The number of hydrogen-bond acceptors (Lipinski definition) is 2. The Morgan fingerprint density at radius 1 is 1.36 bits per heavy atom. The number of likely N-dealkylation sites (tertiary alicyclic amines) is 1. The highest BCUT2D eigenvalue weighted by atomic mass is 19.1. The molecule has 22 heavy (non-hydrogen) atoms. The molecule has 1 aliphatic heterocycles. The van der Waals surface area contributed by atoms with E-state index in [2.05, 4.69) is 0 Å². The fourth-order valence-electron chi connectivity index (χ4n) is 3.74. The van der Waals surface area contributed by atoms with Gasteiger partial charge in [-0.2, -0.15) is 0 Å². The van der Waals surface area contributed by atoms with E-state index in [0.717, 1.165) is 12.0 Å². The van der Waals surface area contributed by atoms with Crippen molar-refractivity contribution in [2.45, 2.75) is 38.4 Å². The fourth-order valence-corrected chi connectivity index (χ4v) is 3.74. The molecular weight excluding hydrogens is 285 g/mol. The van der Waals surface area contributed by atoms with Crippen molar-refractivity contribution in [3.05, 3.63) is 35.9 Å². The van der Waals surface area contributed by atoms with E-state index >= 15 is 0 Å². The van der Waals surface area contributed by atoms with Crippen LogP contribution in [-0.4, -0.2) is 34.6 Å². The summed E-state index contributed by atoms with van der Waals surface area (Å²) >= 11 is 0. The van der Waals surface area contributed by atoms with E-state index in [-0.39, 0.29) is 12.6 Å². The monoisotopic (exact) mass is 305 g/mol. The number of halogens is 1. The zero-order valence-electron chi connectivity index (χ0n) is 12.5. The Morgan fingerprint density at radius 2 is 2.00 bits per heavy atom. The predicted octanol–water partition coefficient (Wildman–Crippen LogP) is 2.80. The maximum absolute atomic E-state index is 14.5. The first-order valence-electron chi connectivity index (χ1n) is 7.70. The van der Waals surface area contributed by atoms with Crippen molar-refractivity contribution in [2.75, 3.05) is 6.54 Å². The number of carboxylic acid groups (broad SMARTS) is 1. The number of aliphatic carboxylic acids is 1. The molecule has 2 unspecified atom stereocenters. The molecule has 1 aliphatic carbocycles. The molecule has 1 heterocycles. The Morgan fingerprint density at radius 3 is 2.50 bits per heavy atom. The lowest BCUT2D eigenvalue weighted by atomic mass is 9.60. The lowest BCUT2D eigenvalue weighted by Gasteiger charge is -2.42. The van der Waals surface area contributed by atoms with Gasteiger partial charge in [-0.15, -0.1) is 0 Å². The molecule has 1 saturated heterocycles. The van der Waals surface area contributed by atoms with E-state index in [4.69, 9.17) is 0 Å². The number of carbonyl (C=O) groups excluding carboxylic acids is 1. The topological polar surface area (TPSA) is 57.6 Å². The van der Waals surface area contributed by atoms with Crippen LogP contribution in [0.25, 0.3) is 0 Å². The molecule has 0 bridgehead atoms. The Kier molecular flexibility index (Phi) is 3.67. The lowest BCUT2D eigenvalue weighted by molar-refractivity contribution is -0.161. The summed E-state index contributed by atoms with van der Waals surface area (Å²) in [6.45, 7) is 2.04. The van der Waals surface area contributed by atoms with Crippen LogP contribution in [0.3, 0.4) is 0 Å². The van der Waals surface area contributed by atoms with Gasteiger partial charge in [-0.3, -0.25) is 9.59 Å². The number of carbonyl (C=O) groups is 2. The summed E-state index contributed by atoms with van der Waals surface area (Å²) in [7, 11) is 0. The molecule has 0 aromatic heterocycles. The highest BCUT2D eigenvalue weighted by molar-refractivity contribution is 5.86. The molecule has 5 heteroatoms. The quantitative estimate of drug-likeness (QED) is 0.930. The Bertz CT molecular complexity index is 585. The van der Waals surface area contributed by atoms with Gasteiger partial charge in [0, 0.05) is 12.5 Å². The highest BCUT2D eigenvalue weighted by Gasteiger charge is 2.59. The molecule has 0 radical (unpaired) electrons. The second-order valence-corrected chi connectivity index (χ2v) is 6.40. The number of hydrogen-bond donors (Lipinski definition) is 1. The van der Waals surface area contributed by atoms with Gasteiger partial charge in [-0.1, -0.05) is 36.8 Å². The molecule has 1 aromatic rings. The van der Waals surface area contributed by atoms with E-state index in [0.29, 0.717) is 12.8 Å². The van der Waals surface area contributed by atoms with Crippen molar-refractivity contribution >= 4 is 11.9 Å². The third-order valence-electron chi connectivity index (χ3n) is 5.40. The van der Waals surface area contributed by atoms with Crippen molar-refractivity contribution < 1.29 is 19.1 Å². The molecule has 3 rings (SSSR count). The molecular formula is C17H20FNO3. The van der Waals surface area contributed by atoms with Crippen LogP contribution in [0.4, 0.5) is 4.39 Å². The Balaban J connectivity index is 1.84. The summed E-state index contributed by atoms with van der Waals surface area (Å²) in [6.07, 6.45) is 0.0167. The second kappa shape index (κ2) is 5.38. The van der Waals surface area contributed by atoms with Crippen LogP contribution in [-0.2, 0) is 9.59 Å². The maximum atomic E-state index is 14.5. The summed E-state index contributed by atoms with van der Waals surface area (Å²) in [5, 5.41) is 9.49. The van der Waals surface area contributed by atoms with Gasteiger partial charge in [0.05, 0.1) is 11.5 Å². The van der Waals surface area contributed by atoms with Crippen molar-refractivity contribution in [3.8, 4) is 0 Å². The molecule has 118 valence electrons. The van der Waals surface area contributed by atoms with Crippen molar-refractivity contribution in [3.63, 3.8) is 0 Å².